The van der Waals surface area contributed by atoms with Gasteiger partial charge < -0.3 is 4.74 Å². The molecular formula is C23H19N3OS2. The van der Waals surface area contributed by atoms with Crippen LogP contribution in [0.2, 0.25) is 0 Å². The van der Waals surface area contributed by atoms with Gasteiger partial charge >= 0.3 is 0 Å². The Morgan fingerprint density at radius 3 is 2.17 bits per heavy atom. The number of ether oxygens (including phenoxy) is 1. The summed E-state index contributed by atoms with van der Waals surface area (Å²) in [6, 6.07) is 24.5. The van der Waals surface area contributed by atoms with Crippen molar-refractivity contribution in [3.05, 3.63) is 71.8 Å². The van der Waals surface area contributed by atoms with Gasteiger partial charge in [-0.15, -0.1) is 0 Å². The second-order valence-electron chi connectivity index (χ2n) is 7.62. The van der Waals surface area contributed by atoms with Gasteiger partial charge in [0, 0.05) is 5.56 Å². The molecule has 4 nitrogen and oxygen atoms in total. The van der Waals surface area contributed by atoms with E-state index >= 15 is 0 Å². The minimum Gasteiger partial charge on any atom is -0.327 e. The van der Waals surface area contributed by atoms with E-state index in [1.54, 1.807) is 23.5 Å². The quantitative estimate of drug-likeness (QED) is 0.651. The summed E-state index contributed by atoms with van der Waals surface area (Å²) >= 11 is 3.17. The topological polar surface area (TPSA) is 69.2 Å². The Hall–Kier alpha value is -2.25. The van der Waals surface area contributed by atoms with Crippen LogP contribution in [0.25, 0.3) is 0 Å². The second-order valence-corrected chi connectivity index (χ2v) is 10.4. The SMILES string of the molecule is N#CC1(C#N)O[C@@H](c2ccccc2)S[C@]12SC(c1ccccc1)=NC21CCCC1. The predicted molar refractivity (Wildman–Crippen MR) is 116 cm³/mol. The highest BCUT2D eigenvalue weighted by molar-refractivity contribution is 8.27. The molecule has 2 spiro atoms. The van der Waals surface area contributed by atoms with Crippen molar-refractivity contribution in [3.8, 4) is 12.1 Å². The standard InChI is InChI=1S/C23H19N3OS2/c24-15-22(16-25)23(29-20(27-22)18-11-5-2-6-12-18)21(13-7-8-14-21)26-19(28-23)17-9-3-1-4-10-17/h1-6,9-12,20H,7-8,13-14H2/t20-,23+/m1/s1. The van der Waals surface area contributed by atoms with Crippen LogP contribution in [0.5, 0.6) is 0 Å². The van der Waals surface area contributed by atoms with Crippen LogP contribution in [0.15, 0.2) is 65.7 Å². The van der Waals surface area contributed by atoms with Crippen molar-refractivity contribution < 1.29 is 4.74 Å². The summed E-state index contributed by atoms with van der Waals surface area (Å²) in [6.07, 6.45) is 3.85. The number of rotatable bonds is 2. The Morgan fingerprint density at radius 1 is 0.931 bits per heavy atom. The number of fused-ring (bicyclic) bond motifs is 1. The van der Waals surface area contributed by atoms with Crippen molar-refractivity contribution in [3.63, 3.8) is 0 Å². The maximum absolute atomic E-state index is 10.2. The van der Waals surface area contributed by atoms with Crippen molar-refractivity contribution in [2.24, 2.45) is 4.99 Å². The lowest BCUT2D eigenvalue weighted by Crippen LogP contribution is -2.56. The van der Waals surface area contributed by atoms with Gasteiger partial charge in [0.05, 0.1) is 5.54 Å². The first-order valence-corrected chi connectivity index (χ1v) is 11.4. The van der Waals surface area contributed by atoms with Crippen molar-refractivity contribution in [2.45, 2.75) is 46.3 Å². The van der Waals surface area contributed by atoms with Crippen molar-refractivity contribution >= 4 is 28.6 Å². The smallest absolute Gasteiger partial charge is 0.269 e. The van der Waals surface area contributed by atoms with Crippen molar-refractivity contribution in [1.82, 2.24) is 0 Å². The van der Waals surface area contributed by atoms with Gasteiger partial charge in [-0.05, 0) is 18.4 Å². The maximum atomic E-state index is 10.2. The highest BCUT2D eigenvalue weighted by atomic mass is 32.2. The number of nitriles is 2. The van der Waals surface area contributed by atoms with E-state index in [0.717, 1.165) is 41.9 Å². The predicted octanol–water partition coefficient (Wildman–Crippen LogP) is 5.44. The lowest BCUT2D eigenvalue weighted by Gasteiger charge is -2.40. The van der Waals surface area contributed by atoms with Crippen LogP contribution in [0.4, 0.5) is 0 Å². The molecule has 6 heteroatoms. The minimum atomic E-state index is -1.56. The molecule has 2 fully saturated rings. The average Bonchev–Trinajstić information content (AvgIpc) is 3.48. The molecule has 0 amide bonds. The summed E-state index contributed by atoms with van der Waals surface area (Å²) < 4.78 is 5.50. The summed E-state index contributed by atoms with van der Waals surface area (Å²) in [5, 5.41) is 21.4. The fourth-order valence-corrected chi connectivity index (χ4v) is 8.35. The summed E-state index contributed by atoms with van der Waals surface area (Å²) in [4.78, 5) is 5.22. The molecule has 0 radical (unpaired) electrons. The number of benzene rings is 2. The van der Waals surface area contributed by atoms with Gasteiger partial charge in [-0.1, -0.05) is 97.0 Å². The van der Waals surface area contributed by atoms with Gasteiger partial charge in [-0.2, -0.15) is 10.5 Å². The molecule has 2 aliphatic heterocycles. The van der Waals surface area contributed by atoms with Crippen molar-refractivity contribution in [1.29, 1.82) is 10.5 Å². The van der Waals surface area contributed by atoms with Crippen LogP contribution >= 0.6 is 23.5 Å². The van der Waals surface area contributed by atoms with Crippen LogP contribution in [0, 0.1) is 22.7 Å². The summed E-state index contributed by atoms with van der Waals surface area (Å²) in [6.45, 7) is 0. The van der Waals surface area contributed by atoms with Crippen LogP contribution in [-0.2, 0) is 4.74 Å². The molecule has 0 aromatic heterocycles. The van der Waals surface area contributed by atoms with E-state index in [1.165, 1.54) is 0 Å². The highest BCUT2D eigenvalue weighted by Gasteiger charge is 2.75. The van der Waals surface area contributed by atoms with Crippen LogP contribution < -0.4 is 0 Å². The van der Waals surface area contributed by atoms with Gasteiger partial charge in [0.2, 0.25) is 0 Å². The highest BCUT2D eigenvalue weighted by Crippen LogP contribution is 2.71. The molecule has 2 aromatic rings. The molecule has 0 N–H and O–H groups in total. The molecule has 1 saturated heterocycles. The second kappa shape index (κ2) is 6.92. The van der Waals surface area contributed by atoms with E-state index in [2.05, 4.69) is 12.1 Å². The van der Waals surface area contributed by atoms with Gasteiger partial charge in [-0.3, -0.25) is 4.99 Å². The molecule has 1 aliphatic carbocycles. The maximum Gasteiger partial charge on any atom is 0.269 e. The fraction of sp³-hybridized carbons (Fsp3) is 0.348. The Morgan fingerprint density at radius 2 is 1.55 bits per heavy atom. The number of thioether (sulfide) groups is 2. The molecule has 1 saturated carbocycles. The van der Waals surface area contributed by atoms with Crippen LogP contribution in [-0.4, -0.2) is 20.3 Å². The number of hydrogen-bond donors (Lipinski definition) is 0. The Bertz CT molecular complexity index is 1020. The molecule has 3 aliphatic rings. The van der Waals surface area contributed by atoms with Gasteiger partial charge in [0.15, 0.2) is 4.08 Å². The first-order chi connectivity index (χ1) is 14.2. The summed E-state index contributed by atoms with van der Waals surface area (Å²) in [5.74, 6) is 0. The van der Waals surface area contributed by atoms with Gasteiger partial charge in [0.25, 0.3) is 5.60 Å². The van der Waals surface area contributed by atoms with E-state index in [4.69, 9.17) is 9.73 Å². The zero-order valence-electron chi connectivity index (χ0n) is 15.7. The molecule has 2 aromatic carbocycles. The van der Waals surface area contributed by atoms with Crippen LogP contribution in [0.3, 0.4) is 0 Å². The van der Waals surface area contributed by atoms with E-state index < -0.39 is 15.2 Å². The molecule has 5 rings (SSSR count). The largest absolute Gasteiger partial charge is 0.327 e. The number of nitrogens with zero attached hydrogens (tertiary/aromatic N) is 3. The Kier molecular flexibility index (Phi) is 4.47. The third-order valence-electron chi connectivity index (χ3n) is 6.03. The number of aliphatic imine (C=N–C) groups is 1. The third kappa shape index (κ3) is 2.60. The molecule has 0 bridgehead atoms. The normalized spacial score (nSPS) is 28.9. The lowest BCUT2D eigenvalue weighted by atomic mass is 9.83. The molecule has 0 unspecified atom stereocenters. The lowest BCUT2D eigenvalue weighted by molar-refractivity contribution is 0.0216. The van der Waals surface area contributed by atoms with E-state index in [0.29, 0.717) is 0 Å². The molecule has 29 heavy (non-hydrogen) atoms. The fourth-order valence-electron chi connectivity index (χ4n) is 4.63. The van der Waals surface area contributed by atoms with E-state index in [9.17, 15) is 10.5 Å². The first kappa shape index (κ1) is 18.8. The van der Waals surface area contributed by atoms with Crippen molar-refractivity contribution in [2.75, 3.05) is 0 Å². The summed E-state index contributed by atoms with van der Waals surface area (Å²) in [7, 11) is 0. The molecule has 2 heterocycles. The molecule has 2 atom stereocenters. The zero-order valence-corrected chi connectivity index (χ0v) is 17.4. The zero-order chi connectivity index (χ0) is 20.0. The van der Waals surface area contributed by atoms with Gasteiger partial charge in [-0.25, -0.2) is 0 Å². The van der Waals surface area contributed by atoms with Gasteiger partial charge in [0.1, 0.15) is 22.6 Å². The molecule has 144 valence electrons. The Labute approximate surface area is 179 Å². The Balaban J connectivity index is 1.65. The average molecular weight is 418 g/mol. The third-order valence-corrected chi connectivity index (χ3v) is 9.62. The summed E-state index contributed by atoms with van der Waals surface area (Å²) in [5.41, 5.74) is -0.387. The first-order valence-electron chi connectivity index (χ1n) is 9.75. The van der Waals surface area contributed by atoms with E-state index in [-0.39, 0.29) is 5.44 Å². The molecular weight excluding hydrogens is 398 g/mol. The minimum absolute atomic E-state index is 0.370. The number of hydrogen-bond acceptors (Lipinski definition) is 6. The van der Waals surface area contributed by atoms with E-state index in [1.807, 2.05) is 60.7 Å². The van der Waals surface area contributed by atoms with Crippen LogP contribution in [0.1, 0.15) is 42.2 Å². The monoisotopic (exact) mass is 417 g/mol.